The van der Waals surface area contributed by atoms with E-state index >= 15 is 0 Å². The first-order chi connectivity index (χ1) is 11.3. The van der Waals surface area contributed by atoms with Crippen molar-refractivity contribution in [2.45, 2.75) is 88.9 Å². The molecule has 0 aromatic rings. The van der Waals surface area contributed by atoms with Crippen molar-refractivity contribution < 1.29 is 9.47 Å². The smallest absolute Gasteiger partial charge is 0.114 e. The quantitative estimate of drug-likeness (QED) is 0.426. The molecule has 2 aliphatic rings. The zero-order chi connectivity index (χ0) is 17.8. The maximum Gasteiger partial charge on any atom is 0.114 e. The molecular formula is C20H34O2S2. The molecule has 0 aromatic heterocycles. The highest BCUT2D eigenvalue weighted by Gasteiger charge is 2.45. The van der Waals surface area contributed by atoms with E-state index in [9.17, 15) is 0 Å². The van der Waals surface area contributed by atoms with Crippen LogP contribution < -0.4 is 0 Å². The fraction of sp³-hybridized carbons (Fsp3) is 0.800. The number of hydrogen-bond acceptors (Lipinski definition) is 4. The van der Waals surface area contributed by atoms with Crippen LogP contribution in [0.15, 0.2) is 24.7 Å². The molecule has 0 aromatic carbocycles. The summed E-state index contributed by atoms with van der Waals surface area (Å²) in [5.74, 6) is 1.44. The fourth-order valence-corrected chi connectivity index (χ4v) is 6.97. The van der Waals surface area contributed by atoms with Gasteiger partial charge in [-0.15, -0.1) is 0 Å². The van der Waals surface area contributed by atoms with Gasteiger partial charge in [0.15, 0.2) is 0 Å². The summed E-state index contributed by atoms with van der Waals surface area (Å²) in [4.78, 5) is 0. The molecule has 2 rings (SSSR count). The van der Waals surface area contributed by atoms with Crippen LogP contribution in [0.2, 0.25) is 0 Å². The van der Waals surface area contributed by atoms with Gasteiger partial charge in [-0.3, -0.25) is 0 Å². The van der Waals surface area contributed by atoms with Crippen molar-refractivity contribution in [1.82, 2.24) is 0 Å². The van der Waals surface area contributed by atoms with Crippen molar-refractivity contribution in [2.24, 2.45) is 11.8 Å². The van der Waals surface area contributed by atoms with Crippen LogP contribution in [0.25, 0.3) is 0 Å². The second-order valence-corrected chi connectivity index (χ2v) is 11.0. The molecule has 24 heavy (non-hydrogen) atoms. The third-order valence-corrected chi connectivity index (χ3v) is 9.38. The van der Waals surface area contributed by atoms with Gasteiger partial charge in [0.25, 0.3) is 0 Å². The Hall–Kier alpha value is -0.220. The van der Waals surface area contributed by atoms with Crippen LogP contribution in [-0.2, 0) is 9.47 Å². The van der Waals surface area contributed by atoms with E-state index in [-0.39, 0.29) is 21.7 Å². The molecule has 2 nitrogen and oxygen atoms in total. The van der Waals surface area contributed by atoms with E-state index in [1.807, 2.05) is 34.1 Å². The molecule has 4 atom stereocenters. The van der Waals surface area contributed by atoms with Crippen molar-refractivity contribution in [3.63, 3.8) is 0 Å². The summed E-state index contributed by atoms with van der Waals surface area (Å²) in [5.41, 5.74) is 0. The molecule has 0 aliphatic carbocycles. The maximum atomic E-state index is 5.81. The van der Waals surface area contributed by atoms with Gasteiger partial charge < -0.3 is 9.47 Å². The van der Waals surface area contributed by atoms with Gasteiger partial charge in [-0.1, -0.05) is 49.3 Å². The van der Waals surface area contributed by atoms with Crippen LogP contribution >= 0.6 is 21.6 Å². The van der Waals surface area contributed by atoms with Gasteiger partial charge in [0, 0.05) is 0 Å². The van der Waals surface area contributed by atoms with E-state index in [2.05, 4.69) is 53.7 Å². The van der Waals surface area contributed by atoms with Gasteiger partial charge in [-0.2, -0.15) is 0 Å². The van der Waals surface area contributed by atoms with Gasteiger partial charge in [-0.05, 0) is 63.5 Å². The Labute approximate surface area is 156 Å². The van der Waals surface area contributed by atoms with Gasteiger partial charge in [0.05, 0.1) is 22.0 Å². The molecule has 0 saturated heterocycles. The summed E-state index contributed by atoms with van der Waals surface area (Å²) >= 11 is 0. The van der Waals surface area contributed by atoms with Crippen LogP contribution in [0.5, 0.6) is 0 Å². The standard InChI is InChI=1S/C20H34O2S2/c1-15(2)7-9-19(11-13-21-17(19)5)23-24-20(10-8-16(3)4)12-14-22-18(20)6/h11-18H,7-10H2,1-6H3. The van der Waals surface area contributed by atoms with Crippen molar-refractivity contribution in [2.75, 3.05) is 0 Å². The molecule has 4 unspecified atom stereocenters. The van der Waals surface area contributed by atoms with Crippen molar-refractivity contribution in [1.29, 1.82) is 0 Å². The minimum atomic E-state index is 0.0793. The first-order valence-electron chi connectivity index (χ1n) is 9.33. The van der Waals surface area contributed by atoms with Gasteiger partial charge in [-0.25, -0.2) is 0 Å². The Morgan fingerprint density at radius 1 is 0.792 bits per heavy atom. The van der Waals surface area contributed by atoms with E-state index in [1.165, 1.54) is 25.7 Å². The first kappa shape index (κ1) is 20.1. The average molecular weight is 371 g/mol. The van der Waals surface area contributed by atoms with Gasteiger partial charge in [0.1, 0.15) is 12.2 Å². The summed E-state index contributed by atoms with van der Waals surface area (Å²) < 4.78 is 11.8. The highest BCUT2D eigenvalue weighted by Crippen LogP contribution is 2.55. The lowest BCUT2D eigenvalue weighted by Crippen LogP contribution is -2.36. The molecule has 0 saturated carbocycles. The van der Waals surface area contributed by atoms with E-state index in [0.29, 0.717) is 0 Å². The third kappa shape index (κ3) is 4.69. The van der Waals surface area contributed by atoms with Crippen LogP contribution in [0.1, 0.15) is 67.2 Å². The monoisotopic (exact) mass is 370 g/mol. The number of ether oxygens (including phenoxy) is 2. The average Bonchev–Trinajstić information content (AvgIpc) is 3.06. The maximum absolute atomic E-state index is 5.81. The highest BCUT2D eigenvalue weighted by molar-refractivity contribution is 8.77. The lowest BCUT2D eigenvalue weighted by molar-refractivity contribution is 0.158. The lowest BCUT2D eigenvalue weighted by Gasteiger charge is -2.36. The Morgan fingerprint density at radius 2 is 1.17 bits per heavy atom. The van der Waals surface area contributed by atoms with E-state index in [4.69, 9.17) is 9.47 Å². The van der Waals surface area contributed by atoms with Gasteiger partial charge >= 0.3 is 0 Å². The van der Waals surface area contributed by atoms with E-state index < -0.39 is 0 Å². The first-order valence-corrected chi connectivity index (χ1v) is 11.5. The predicted octanol–water partition coefficient (Wildman–Crippen LogP) is 6.58. The second kappa shape index (κ2) is 8.44. The molecule has 2 heterocycles. The lowest BCUT2D eigenvalue weighted by atomic mass is 9.94. The van der Waals surface area contributed by atoms with Crippen LogP contribution in [0.4, 0.5) is 0 Å². The summed E-state index contributed by atoms with van der Waals surface area (Å²) in [5, 5.41) is 0. The topological polar surface area (TPSA) is 18.5 Å². The molecule has 0 bridgehead atoms. The van der Waals surface area contributed by atoms with Crippen molar-refractivity contribution >= 4 is 21.6 Å². The zero-order valence-corrected chi connectivity index (χ0v) is 17.7. The minimum absolute atomic E-state index is 0.0793. The summed E-state index contributed by atoms with van der Waals surface area (Å²) in [7, 11) is 4.01. The molecule has 4 heteroatoms. The SMILES string of the molecule is CC(C)CCC1(SSC2(CCC(C)C)C=COC2C)C=COC1C. The van der Waals surface area contributed by atoms with Crippen molar-refractivity contribution in [3.05, 3.63) is 24.7 Å². The Bertz CT molecular complexity index is 419. The normalized spacial score (nSPS) is 35.0. The van der Waals surface area contributed by atoms with Crippen LogP contribution in [-0.4, -0.2) is 21.7 Å². The van der Waals surface area contributed by atoms with Crippen LogP contribution in [0.3, 0.4) is 0 Å². The summed E-state index contributed by atoms with van der Waals surface area (Å²) in [6, 6.07) is 0. The van der Waals surface area contributed by atoms with Crippen molar-refractivity contribution in [3.8, 4) is 0 Å². The molecule has 0 fully saturated rings. The Balaban J connectivity index is 2.07. The van der Waals surface area contributed by atoms with Gasteiger partial charge in [0.2, 0.25) is 0 Å². The third-order valence-electron chi connectivity index (χ3n) is 5.22. The summed E-state index contributed by atoms with van der Waals surface area (Å²) in [6.45, 7) is 13.6. The second-order valence-electron chi connectivity index (χ2n) is 8.10. The molecule has 138 valence electrons. The summed E-state index contributed by atoms with van der Waals surface area (Å²) in [6.07, 6.45) is 13.6. The Kier molecular flexibility index (Phi) is 7.07. The van der Waals surface area contributed by atoms with Crippen LogP contribution in [0, 0.1) is 11.8 Å². The molecule has 0 amide bonds. The molecule has 0 spiro atoms. The van der Waals surface area contributed by atoms with E-state index in [1.54, 1.807) is 0 Å². The number of hydrogen-bond donors (Lipinski definition) is 0. The highest BCUT2D eigenvalue weighted by atomic mass is 33.1. The largest absolute Gasteiger partial charge is 0.497 e. The Morgan fingerprint density at radius 3 is 1.42 bits per heavy atom. The van der Waals surface area contributed by atoms with E-state index in [0.717, 1.165) is 11.8 Å². The zero-order valence-electron chi connectivity index (χ0n) is 16.1. The molecular weight excluding hydrogens is 336 g/mol. The molecule has 0 N–H and O–H groups in total. The minimum Gasteiger partial charge on any atom is -0.497 e. The number of rotatable bonds is 9. The predicted molar refractivity (Wildman–Crippen MR) is 108 cm³/mol. The fourth-order valence-electron chi connectivity index (χ4n) is 3.08. The molecule has 0 radical (unpaired) electrons. The molecule has 2 aliphatic heterocycles.